The molecule has 5 N–H and O–H groups in total. The van der Waals surface area contributed by atoms with Crippen LogP contribution in [0.2, 0.25) is 0 Å². The Morgan fingerprint density at radius 2 is 1.75 bits per heavy atom. The number of H-pyrrole nitrogens is 2. The lowest BCUT2D eigenvalue weighted by Crippen LogP contribution is -2.52. The fraction of sp³-hybridized carbons (Fsp3) is 0.468. The first-order chi connectivity index (χ1) is 30.7. The first-order valence-electron chi connectivity index (χ1n) is 21.9. The number of carbonyl (C=O) groups is 4. The smallest absolute Gasteiger partial charge is 0.407 e. The number of likely N-dealkylation sites (tertiary alicyclic amines) is 2. The number of hydrogen-bond acceptors (Lipinski definition) is 10. The van der Waals surface area contributed by atoms with Gasteiger partial charge in [-0.2, -0.15) is 5.26 Å². The summed E-state index contributed by atoms with van der Waals surface area (Å²) in [6.07, 6.45) is 0.750. The number of alkyl carbamates (subject to hydrolysis) is 1. The van der Waals surface area contributed by atoms with Crippen LogP contribution in [0.5, 0.6) is 5.75 Å². The van der Waals surface area contributed by atoms with E-state index in [1.54, 1.807) is 16.9 Å². The van der Waals surface area contributed by atoms with E-state index in [9.17, 15) is 29.5 Å². The number of hydrogen-bond donors (Lipinski definition) is 5. The molecule has 3 aromatic carbocycles. The zero-order valence-electron chi connectivity index (χ0n) is 37.2. The average Bonchev–Trinajstić information content (AvgIpc) is 4.10. The Morgan fingerprint density at radius 1 is 0.969 bits per heavy atom. The Hall–Kier alpha value is -6.67. The minimum Gasteiger partial charge on any atom is -0.488 e. The first kappa shape index (κ1) is 44.0. The van der Waals surface area contributed by atoms with Gasteiger partial charge in [-0.1, -0.05) is 52.3 Å². The molecule has 3 aliphatic rings. The van der Waals surface area contributed by atoms with Crippen molar-refractivity contribution in [1.29, 1.82) is 5.26 Å². The van der Waals surface area contributed by atoms with E-state index in [1.165, 1.54) is 7.11 Å². The lowest BCUT2D eigenvalue weighted by molar-refractivity contribution is -0.137. The molecule has 8 rings (SSSR count). The van der Waals surface area contributed by atoms with Crippen LogP contribution in [0.25, 0.3) is 44.2 Å². The van der Waals surface area contributed by atoms with Crippen molar-refractivity contribution in [3.63, 3.8) is 0 Å². The summed E-state index contributed by atoms with van der Waals surface area (Å²) in [4.78, 5) is 72.1. The highest BCUT2D eigenvalue weighted by atomic mass is 16.5. The molecule has 4 amide bonds. The number of fused-ring (bicyclic) bond motifs is 6. The van der Waals surface area contributed by atoms with Gasteiger partial charge >= 0.3 is 12.2 Å². The van der Waals surface area contributed by atoms with Crippen molar-refractivity contribution in [2.75, 3.05) is 27.4 Å². The molecule has 3 aliphatic heterocycles. The van der Waals surface area contributed by atoms with Crippen molar-refractivity contribution in [3.05, 3.63) is 65.4 Å². The Bertz CT molecular complexity index is 2670. The van der Waals surface area contributed by atoms with E-state index in [2.05, 4.69) is 32.7 Å². The highest BCUT2D eigenvalue weighted by Gasteiger charge is 2.43. The van der Waals surface area contributed by atoms with Crippen LogP contribution in [0.4, 0.5) is 9.59 Å². The number of carboxylic acid groups (broad SMARTS) is 1. The van der Waals surface area contributed by atoms with Crippen LogP contribution < -0.4 is 15.4 Å². The molecule has 2 saturated heterocycles. The number of aromatic nitrogens is 4. The van der Waals surface area contributed by atoms with E-state index in [0.29, 0.717) is 55.5 Å². The van der Waals surface area contributed by atoms with Gasteiger partial charge in [-0.15, -0.1) is 0 Å². The Morgan fingerprint density at radius 3 is 2.45 bits per heavy atom. The molecular formula is C47H55N9O8. The second-order valence-electron chi connectivity index (χ2n) is 17.7. The quantitative estimate of drug-likeness (QED) is 0.0843. The molecule has 17 heteroatoms. The number of ether oxygens (including phenoxy) is 3. The van der Waals surface area contributed by atoms with Crippen molar-refractivity contribution >= 4 is 45.8 Å². The van der Waals surface area contributed by atoms with Crippen molar-refractivity contribution in [3.8, 4) is 34.2 Å². The summed E-state index contributed by atoms with van der Waals surface area (Å²) < 4.78 is 16.8. The Kier molecular flexibility index (Phi) is 12.3. The van der Waals surface area contributed by atoms with Gasteiger partial charge in [0.05, 0.1) is 42.5 Å². The SMILES string of the molecule is CC[C@H](C)[C@H](NC(=O)OC)C(=O)N1C[C@@H](COC)C[C@H]1c1nc(C#N)c(-c2ccc3c(c2)COc2cc4c(ccc5[nH]c([C@@H]6CC[C@H](C)N6C(=O)[C@@H](NC(=O)O)C(C)C)nc54)cc2-3)[nH]1. The minimum atomic E-state index is -1.23. The van der Waals surface area contributed by atoms with E-state index in [0.717, 1.165) is 50.5 Å². The maximum Gasteiger partial charge on any atom is 0.407 e. The fourth-order valence-electron chi connectivity index (χ4n) is 9.72. The third-order valence-corrected chi connectivity index (χ3v) is 13.3. The largest absolute Gasteiger partial charge is 0.488 e. The third kappa shape index (κ3) is 8.06. The molecule has 2 fully saturated rings. The molecule has 7 atom stereocenters. The zero-order chi connectivity index (χ0) is 45.6. The molecule has 2 aromatic heterocycles. The monoisotopic (exact) mass is 873 g/mol. The Labute approximate surface area is 370 Å². The molecule has 64 heavy (non-hydrogen) atoms. The third-order valence-electron chi connectivity index (χ3n) is 13.3. The summed E-state index contributed by atoms with van der Waals surface area (Å²) in [5.41, 5.74) is 5.87. The van der Waals surface area contributed by atoms with Gasteiger partial charge in [-0.25, -0.2) is 19.6 Å². The molecule has 0 saturated carbocycles. The number of benzene rings is 3. The molecule has 17 nitrogen and oxygen atoms in total. The standard InChI is InChI=1S/C47H55N9O8/c1-8-24(4)39(54-47(61)63-7)44(57)55-20-26(21-62-6)15-36(55)43-50-34(19-48)40(51-43)28-10-12-30-29(16-28)22-64-37-18-31-27(17-32(30)37)11-13-33-41(31)52-42(49-33)35-14-9-25(5)56(35)45(58)38(23(2)3)53-46(59)60/h10-13,16-18,23-26,35-36,38-39,53H,8-9,14-15,20-22H2,1-7H3,(H,49,52)(H,50,51)(H,54,61)(H,59,60)/t24-,25-,26-,35-,36-,38-,39-/m0/s1. The van der Waals surface area contributed by atoms with Gasteiger partial charge in [-0.05, 0) is 78.8 Å². The van der Waals surface area contributed by atoms with Crippen LogP contribution in [0.1, 0.15) is 95.3 Å². The minimum absolute atomic E-state index is 0.0152. The fourth-order valence-corrected chi connectivity index (χ4v) is 9.72. The molecule has 0 bridgehead atoms. The molecule has 336 valence electrons. The van der Waals surface area contributed by atoms with Gasteiger partial charge in [0.15, 0.2) is 5.69 Å². The van der Waals surface area contributed by atoms with Crippen LogP contribution >= 0.6 is 0 Å². The van der Waals surface area contributed by atoms with Gasteiger partial charge in [0.25, 0.3) is 0 Å². The molecule has 0 aliphatic carbocycles. The van der Waals surface area contributed by atoms with E-state index in [4.69, 9.17) is 24.2 Å². The van der Waals surface area contributed by atoms with Crippen LogP contribution in [-0.2, 0) is 25.7 Å². The number of amides is 4. The number of carbonyl (C=O) groups excluding carboxylic acids is 3. The van der Waals surface area contributed by atoms with E-state index in [-0.39, 0.29) is 54.0 Å². The van der Waals surface area contributed by atoms with Crippen molar-refractivity contribution in [2.45, 2.75) is 97.1 Å². The van der Waals surface area contributed by atoms with Gasteiger partial charge in [0.2, 0.25) is 11.8 Å². The van der Waals surface area contributed by atoms with Crippen LogP contribution in [0, 0.1) is 29.1 Å². The van der Waals surface area contributed by atoms with Crippen LogP contribution in [-0.4, -0.2) is 104 Å². The summed E-state index contributed by atoms with van der Waals surface area (Å²) >= 11 is 0. The van der Waals surface area contributed by atoms with Crippen molar-refractivity contribution in [1.82, 2.24) is 40.4 Å². The maximum absolute atomic E-state index is 14.2. The van der Waals surface area contributed by atoms with Crippen LogP contribution in [0.15, 0.2) is 42.5 Å². The highest BCUT2D eigenvalue weighted by molar-refractivity contribution is 6.07. The van der Waals surface area contributed by atoms with Gasteiger partial charge < -0.3 is 49.7 Å². The summed E-state index contributed by atoms with van der Waals surface area (Å²) in [5.74, 6) is 0.940. The average molecular weight is 874 g/mol. The lowest BCUT2D eigenvalue weighted by atomic mass is 9.92. The van der Waals surface area contributed by atoms with Crippen molar-refractivity contribution < 1.29 is 38.5 Å². The number of aromatic amines is 2. The summed E-state index contributed by atoms with van der Waals surface area (Å²) in [7, 11) is 2.89. The molecular weight excluding hydrogens is 819 g/mol. The predicted molar refractivity (Wildman–Crippen MR) is 237 cm³/mol. The van der Waals surface area contributed by atoms with Crippen LogP contribution in [0.3, 0.4) is 0 Å². The second kappa shape index (κ2) is 17.8. The van der Waals surface area contributed by atoms with Gasteiger partial charge in [0.1, 0.15) is 42.2 Å². The molecule has 0 radical (unpaired) electrons. The molecule has 5 aromatic rings. The lowest BCUT2D eigenvalue weighted by Gasteiger charge is -2.32. The summed E-state index contributed by atoms with van der Waals surface area (Å²) in [5, 5.41) is 26.8. The summed E-state index contributed by atoms with van der Waals surface area (Å²) in [6.45, 7) is 10.6. The number of methoxy groups -OCH3 is 2. The normalized spacial score (nSPS) is 20.6. The topological polar surface area (TPSA) is 228 Å². The number of nitrogens with one attached hydrogen (secondary N) is 4. The number of nitrogens with zero attached hydrogens (tertiary/aromatic N) is 5. The van der Waals surface area contributed by atoms with Gasteiger partial charge in [0, 0.05) is 42.1 Å². The van der Waals surface area contributed by atoms with E-state index in [1.807, 2.05) is 71.0 Å². The first-order valence-corrected chi connectivity index (χ1v) is 21.9. The van der Waals surface area contributed by atoms with Crippen molar-refractivity contribution in [2.24, 2.45) is 17.8 Å². The zero-order valence-corrected chi connectivity index (χ0v) is 37.2. The molecule has 0 unspecified atom stereocenters. The van der Waals surface area contributed by atoms with Gasteiger partial charge in [-0.3, -0.25) is 9.59 Å². The Balaban J connectivity index is 1.09. The number of imidazole rings is 2. The molecule has 0 spiro atoms. The maximum atomic E-state index is 14.2. The van der Waals surface area contributed by atoms with E-state index >= 15 is 0 Å². The second-order valence-corrected chi connectivity index (χ2v) is 17.7. The molecule has 5 heterocycles. The number of rotatable bonds is 12. The highest BCUT2D eigenvalue weighted by Crippen LogP contribution is 2.44. The predicted octanol–water partition coefficient (Wildman–Crippen LogP) is 7.19. The number of nitriles is 1. The summed E-state index contributed by atoms with van der Waals surface area (Å²) in [6, 6.07) is 13.7. The van der Waals surface area contributed by atoms with E-state index < -0.39 is 30.3 Å².